The van der Waals surface area contributed by atoms with Gasteiger partial charge in [-0.15, -0.1) is 0 Å². The number of likely N-dealkylation sites (tertiary alicyclic amines) is 1. The van der Waals surface area contributed by atoms with Crippen LogP contribution in [0.2, 0.25) is 0 Å². The first-order chi connectivity index (χ1) is 21.3. The van der Waals surface area contributed by atoms with Gasteiger partial charge in [0.15, 0.2) is 6.19 Å². The van der Waals surface area contributed by atoms with Crippen LogP contribution < -0.4 is 10.1 Å². The summed E-state index contributed by atoms with van der Waals surface area (Å²) < 4.78 is 26.9. The van der Waals surface area contributed by atoms with E-state index in [1.807, 2.05) is 54.7 Å². The minimum atomic E-state index is -1.27. The van der Waals surface area contributed by atoms with Crippen LogP contribution >= 0.6 is 0 Å². The first kappa shape index (κ1) is 28.6. The lowest BCUT2D eigenvalue weighted by atomic mass is 9.92. The zero-order valence-corrected chi connectivity index (χ0v) is 23.2. The molecule has 0 amide bonds. The molecule has 0 aliphatic carbocycles. The molecule has 3 N–H and O–H groups in total. The Morgan fingerprint density at radius 3 is 2.80 bits per heavy atom. The molecular weight excluding hydrogens is 569 g/mol. The summed E-state index contributed by atoms with van der Waals surface area (Å²) in [6.45, 7) is 0.602. The van der Waals surface area contributed by atoms with E-state index in [1.165, 1.54) is 12.1 Å². The van der Waals surface area contributed by atoms with E-state index >= 15 is 0 Å². The Balaban J connectivity index is 1.33. The summed E-state index contributed by atoms with van der Waals surface area (Å²) in [5.74, 6) is -1.78. The van der Waals surface area contributed by atoms with Crippen LogP contribution in [0.15, 0.2) is 72.8 Å². The molecule has 0 saturated carbocycles. The quantitative estimate of drug-likeness (QED) is 0.124. The summed E-state index contributed by atoms with van der Waals surface area (Å²) in [5.41, 5.74) is 5.59. The average Bonchev–Trinajstić information content (AvgIpc) is 3.50. The molecule has 2 aliphatic heterocycles. The largest absolute Gasteiger partial charge is 0.488 e. The lowest BCUT2D eigenvalue weighted by molar-refractivity contribution is -0.142. The number of carbonyl (C=O) groups excluding carboxylic acids is 1. The van der Waals surface area contributed by atoms with Crippen molar-refractivity contribution in [2.45, 2.75) is 18.8 Å². The van der Waals surface area contributed by atoms with Crippen LogP contribution in [-0.2, 0) is 20.9 Å². The van der Waals surface area contributed by atoms with E-state index in [0.717, 1.165) is 33.9 Å². The molecule has 1 aromatic heterocycles. The number of β-amino-alcohol motifs (C(OH)–C–C–N with tert-alkyl or cyclic N) is 1. The molecule has 0 radical (unpaired) electrons. The molecular formula is C32H26FN5O6. The number of fused-ring (bicyclic) bond motifs is 3. The molecule has 1 saturated heterocycles. The number of nitrogens with one attached hydrogen (secondary N) is 1. The van der Waals surface area contributed by atoms with Gasteiger partial charge in [0.25, 0.3) is 0 Å². The van der Waals surface area contributed by atoms with Crippen LogP contribution in [0.4, 0.5) is 10.3 Å². The van der Waals surface area contributed by atoms with Crippen molar-refractivity contribution in [1.82, 2.24) is 14.5 Å². The number of aliphatic hydroxyl groups is 1. The first-order valence-corrected chi connectivity index (χ1v) is 13.7. The minimum absolute atomic E-state index is 0.154. The predicted octanol–water partition coefficient (Wildman–Crippen LogP) is 3.91. The minimum Gasteiger partial charge on any atom is -0.488 e. The number of benzene rings is 3. The summed E-state index contributed by atoms with van der Waals surface area (Å²) in [5, 5.41) is 31.7. The van der Waals surface area contributed by atoms with Crippen molar-refractivity contribution in [3.63, 3.8) is 0 Å². The molecule has 4 aromatic rings. The highest BCUT2D eigenvalue weighted by atomic mass is 19.1. The highest BCUT2D eigenvalue weighted by Crippen LogP contribution is 2.39. The average molecular weight is 596 g/mol. The number of halogens is 1. The number of aliphatic carboxylic acids is 1. The number of aromatic nitrogens is 2. The number of nitriles is 1. The third-order valence-electron chi connectivity index (χ3n) is 7.53. The maximum atomic E-state index is 14.1. The molecule has 1 fully saturated rings. The van der Waals surface area contributed by atoms with Gasteiger partial charge in [-0.05, 0) is 52.6 Å². The van der Waals surface area contributed by atoms with Crippen molar-refractivity contribution in [3.8, 4) is 11.9 Å². The van der Waals surface area contributed by atoms with E-state index < -0.39 is 24.1 Å². The van der Waals surface area contributed by atoms with E-state index in [9.17, 15) is 24.3 Å². The molecule has 12 heteroatoms. The smallest absolute Gasteiger partial charge is 0.332 e. The van der Waals surface area contributed by atoms with Crippen molar-refractivity contribution in [1.29, 1.82) is 5.26 Å². The maximum Gasteiger partial charge on any atom is 0.332 e. The summed E-state index contributed by atoms with van der Waals surface area (Å²) in [7, 11) is 0. The van der Waals surface area contributed by atoms with Gasteiger partial charge < -0.3 is 24.3 Å². The summed E-state index contributed by atoms with van der Waals surface area (Å²) in [4.78, 5) is 28.8. The molecule has 0 unspecified atom stereocenters. The number of rotatable bonds is 7. The van der Waals surface area contributed by atoms with E-state index in [4.69, 9.17) is 14.6 Å². The van der Waals surface area contributed by atoms with Gasteiger partial charge in [-0.3, -0.25) is 10.2 Å². The molecule has 44 heavy (non-hydrogen) atoms. The maximum absolute atomic E-state index is 14.1. The van der Waals surface area contributed by atoms with Gasteiger partial charge in [0.1, 0.15) is 24.9 Å². The van der Waals surface area contributed by atoms with Crippen LogP contribution in [0.5, 0.6) is 5.75 Å². The number of anilines is 1. The van der Waals surface area contributed by atoms with Crippen LogP contribution in [0.25, 0.3) is 22.7 Å². The van der Waals surface area contributed by atoms with E-state index in [2.05, 4.69) is 10.3 Å². The number of imidazole rings is 1. The SMILES string of the molecule is N#CNc1nc2cc(/C=C3\c4ccccc4COc4cc(F)ccc43)ccc2n1[C@H]1CN(COC(=O)/C=C\C(=O)O)C[C@@H]1O. The fourth-order valence-electron chi connectivity index (χ4n) is 5.60. The monoisotopic (exact) mass is 595 g/mol. The first-order valence-electron chi connectivity index (χ1n) is 13.7. The van der Waals surface area contributed by atoms with Crippen LogP contribution in [0.1, 0.15) is 28.3 Å². The zero-order chi connectivity index (χ0) is 30.8. The fourth-order valence-corrected chi connectivity index (χ4v) is 5.60. The van der Waals surface area contributed by atoms with Gasteiger partial charge >= 0.3 is 11.9 Å². The van der Waals surface area contributed by atoms with Gasteiger partial charge in [-0.2, -0.15) is 5.26 Å². The Morgan fingerprint density at radius 2 is 1.98 bits per heavy atom. The van der Waals surface area contributed by atoms with Gasteiger partial charge in [-0.1, -0.05) is 30.3 Å². The van der Waals surface area contributed by atoms with Crippen molar-refractivity contribution < 1.29 is 33.7 Å². The topological polar surface area (TPSA) is 150 Å². The third kappa shape index (κ3) is 5.74. The van der Waals surface area contributed by atoms with E-state index in [1.54, 1.807) is 15.5 Å². The second kappa shape index (κ2) is 12.0. The Kier molecular flexibility index (Phi) is 7.80. The van der Waals surface area contributed by atoms with Crippen LogP contribution in [0, 0.1) is 17.3 Å². The molecule has 2 atom stereocenters. The van der Waals surface area contributed by atoms with Gasteiger partial charge in [0.05, 0.1) is 23.2 Å². The number of hydrogen-bond acceptors (Lipinski definition) is 9. The Bertz CT molecular complexity index is 1880. The number of hydrogen-bond donors (Lipinski definition) is 3. The Labute approximate surface area is 250 Å². The van der Waals surface area contributed by atoms with E-state index in [0.29, 0.717) is 29.5 Å². The third-order valence-corrected chi connectivity index (χ3v) is 7.53. The Morgan fingerprint density at radius 1 is 1.14 bits per heavy atom. The van der Waals surface area contributed by atoms with Gasteiger partial charge in [-0.25, -0.2) is 19.0 Å². The highest BCUT2D eigenvalue weighted by Gasteiger charge is 2.35. The lowest BCUT2D eigenvalue weighted by Gasteiger charge is -2.19. The number of carboxylic acids is 1. The Hall–Kier alpha value is -5.51. The molecule has 0 bridgehead atoms. The number of esters is 1. The zero-order valence-electron chi connectivity index (χ0n) is 23.2. The van der Waals surface area contributed by atoms with Crippen molar-refractivity contribution >= 4 is 40.6 Å². The van der Waals surface area contributed by atoms with Crippen molar-refractivity contribution in [2.24, 2.45) is 0 Å². The molecule has 222 valence electrons. The van der Waals surface area contributed by atoms with Crippen molar-refractivity contribution in [2.75, 3.05) is 25.1 Å². The molecule has 3 aromatic carbocycles. The summed E-state index contributed by atoms with van der Waals surface area (Å²) in [6.07, 6.45) is 4.52. The highest BCUT2D eigenvalue weighted by molar-refractivity contribution is 5.96. The number of ether oxygens (including phenoxy) is 2. The molecule has 2 aliphatic rings. The number of carbonyl (C=O) groups is 2. The normalized spacial score (nSPS) is 18.8. The number of nitrogens with zero attached hydrogens (tertiary/aromatic N) is 4. The van der Waals surface area contributed by atoms with Gasteiger partial charge in [0, 0.05) is 36.9 Å². The predicted molar refractivity (Wildman–Crippen MR) is 157 cm³/mol. The van der Waals surface area contributed by atoms with E-state index in [-0.39, 0.29) is 31.6 Å². The second-order valence-electron chi connectivity index (χ2n) is 10.4. The fraction of sp³-hybridized carbons (Fsp3) is 0.188. The van der Waals surface area contributed by atoms with Crippen molar-refractivity contribution in [3.05, 3.63) is 101 Å². The number of carboxylic acid groups (broad SMARTS) is 1. The van der Waals surface area contributed by atoms with Crippen LogP contribution in [0.3, 0.4) is 0 Å². The molecule has 3 heterocycles. The van der Waals surface area contributed by atoms with Gasteiger partial charge in [0.2, 0.25) is 5.95 Å². The lowest BCUT2D eigenvalue weighted by Crippen LogP contribution is -2.26. The summed E-state index contributed by atoms with van der Waals surface area (Å²) >= 11 is 0. The second-order valence-corrected chi connectivity index (χ2v) is 10.4. The molecule has 6 rings (SSSR count). The van der Waals surface area contributed by atoms with Crippen LogP contribution in [-0.4, -0.2) is 62.5 Å². The summed E-state index contributed by atoms with van der Waals surface area (Å²) in [6, 6.07) is 17.4. The molecule has 0 spiro atoms. The number of aliphatic hydroxyl groups excluding tert-OH is 1. The standard InChI is InChI=1S/C32H26FN5O6/c33-21-6-7-23-24(22-4-2-1-3-20(22)16-43-29(23)13-21)11-19-5-8-26-25(12-19)36-32(35-17-34)38(26)27-14-37(15-28(27)39)18-44-31(42)10-9-30(40)41/h1-13,27-28,39H,14-16,18H2,(H,35,36)(H,40,41)/b10-9-,24-11+/t27-,28-/m0/s1. The molecule has 11 nitrogen and oxygen atoms in total.